The van der Waals surface area contributed by atoms with Crippen molar-refractivity contribution >= 4 is 193 Å². The minimum Gasteiger partial charge on any atom is -0.381 e. The number of hydrogen-bond acceptors (Lipinski definition) is 16. The minimum absolute atomic E-state index is 0. The number of aromatic nitrogens is 10. The Bertz CT molecular complexity index is 6180. The second-order valence-corrected chi connectivity index (χ2v) is 57.2. The number of terminal acetylenes is 3. The van der Waals surface area contributed by atoms with Gasteiger partial charge in [-0.3, -0.25) is 61.2 Å². The highest BCUT2D eigenvalue weighted by Gasteiger charge is 2.35. The molecule has 0 bridgehead atoms. The number of ether oxygens (including phenoxy) is 1. The number of halogens is 8. The van der Waals surface area contributed by atoms with Gasteiger partial charge in [0.1, 0.15) is 42.1 Å². The van der Waals surface area contributed by atoms with Crippen molar-refractivity contribution in [3.05, 3.63) is 217 Å². The molecule has 0 aliphatic carbocycles. The van der Waals surface area contributed by atoms with Crippen LogP contribution in [0.5, 0.6) is 0 Å². The first-order valence-electron chi connectivity index (χ1n) is 43.7. The Kier molecular flexibility index (Phi) is 47.2. The van der Waals surface area contributed by atoms with Crippen LogP contribution in [0.15, 0.2) is 154 Å². The third-order valence-corrected chi connectivity index (χ3v) is 25.2. The van der Waals surface area contributed by atoms with Gasteiger partial charge in [-0.05, 0) is 225 Å². The van der Waals surface area contributed by atoms with E-state index in [4.69, 9.17) is 40.1 Å². The molecule has 35 heteroatoms. The largest absolute Gasteiger partial charge is 0.381 e. The summed E-state index contributed by atoms with van der Waals surface area (Å²) in [6, 6.07) is 33.6. The fraction of sp³-hybridized carbons (Fsp3) is 0.434. The van der Waals surface area contributed by atoms with Crippen molar-refractivity contribution in [1.82, 2.24) is 68.7 Å². The van der Waals surface area contributed by atoms with Gasteiger partial charge >= 0.3 is 5.20 Å². The van der Waals surface area contributed by atoms with E-state index in [0.717, 1.165) is 200 Å². The molecule has 5 fully saturated rings. The Morgan fingerprint density at radius 3 is 1.23 bits per heavy atom. The van der Waals surface area contributed by atoms with Crippen molar-refractivity contribution < 1.29 is 31.3 Å². The Hall–Kier alpha value is -9.07. The van der Waals surface area contributed by atoms with Gasteiger partial charge in [-0.2, -0.15) is 11.1 Å². The normalized spacial score (nSPS) is 17.4. The average Bonchev–Trinajstić information content (AvgIpc) is 1.57. The van der Waals surface area contributed by atoms with E-state index in [2.05, 4.69) is 242 Å². The van der Waals surface area contributed by atoms with Crippen molar-refractivity contribution in [2.45, 2.75) is 228 Å². The monoisotopic (exact) mass is 2170 g/mol. The number of benzene rings is 4. The highest BCUT2D eigenvalue weighted by molar-refractivity contribution is 9.11. The number of carbonyl (C=O) groups is 4. The van der Waals surface area contributed by atoms with Crippen LogP contribution in [0.1, 0.15) is 201 Å². The lowest BCUT2D eigenvalue weighted by Crippen LogP contribution is -2.46. The SMILES string of the molecule is C.C#CC#CC#C.C#Cc1ccccn1.C1CCOC1.CC1(C)CCNC1=O.CC1(C)CCn2c1nc1cc(Br)ccc1c2=O.CC1CCNC1=O.CC1CCn2c1nc1cc(Br)ccc1c2=O.CC1CCn2c1nc1cc(Br)ccc1c2=O.CC1CCn2c1nc1cc(C#Cc3ccccn3)ccc1c2=O.C[Si](C)(C)Cl.C[Si](C)(C)N1CCCC1=O.Cl.O=C1CCCN1.O=P(Cl)(Cl)Cl.[HH].[HH]. The molecule has 134 heavy (non-hydrogen) atoms. The van der Waals surface area contributed by atoms with Gasteiger partial charge in [0.15, 0.2) is 8.24 Å². The van der Waals surface area contributed by atoms with E-state index in [1.165, 1.54) is 12.8 Å². The van der Waals surface area contributed by atoms with E-state index < -0.39 is 20.8 Å². The lowest BCUT2D eigenvalue weighted by molar-refractivity contribution is -0.126. The van der Waals surface area contributed by atoms with E-state index in [-0.39, 0.29) is 79.4 Å². The summed E-state index contributed by atoms with van der Waals surface area (Å²) in [5, 5.41) is 7.74. The average molecular weight is 2180 g/mol. The topological polar surface area (TPSA) is 299 Å². The summed E-state index contributed by atoms with van der Waals surface area (Å²) in [4.78, 5) is 118. The molecule has 4 atom stereocenters. The molecule has 9 aliphatic rings. The summed E-state index contributed by atoms with van der Waals surface area (Å²) in [5.74, 6) is 23.1. The number of fused-ring (bicyclic) bond motifs is 8. The molecule has 24 nitrogen and oxygen atoms in total. The maximum Gasteiger partial charge on any atom is 0.339 e. The second-order valence-electron chi connectivity index (χ2n) is 35.4. The van der Waals surface area contributed by atoms with Crippen LogP contribution < -0.4 is 38.2 Å². The summed E-state index contributed by atoms with van der Waals surface area (Å²) in [5.41, 5.74) is 5.57. The molecule has 4 unspecified atom stereocenters. The number of pyridine rings is 2. The molecule has 4 aromatic carbocycles. The smallest absolute Gasteiger partial charge is 0.339 e. The van der Waals surface area contributed by atoms with E-state index in [9.17, 15) is 42.9 Å². The summed E-state index contributed by atoms with van der Waals surface area (Å²) in [7, 11) is -2.44. The van der Waals surface area contributed by atoms with E-state index in [1.807, 2.05) is 128 Å². The first-order valence-corrected chi connectivity index (χ1v) is 58.5. The predicted octanol–water partition coefficient (Wildman–Crippen LogP) is 21.4. The van der Waals surface area contributed by atoms with Crippen LogP contribution >= 0.6 is 110 Å². The number of amides is 4. The number of rotatable bonds is 1. The molecular weight excluding hydrogens is 2050 g/mol. The highest BCUT2D eigenvalue weighted by atomic mass is 79.9. The van der Waals surface area contributed by atoms with E-state index >= 15 is 0 Å². The van der Waals surface area contributed by atoms with Gasteiger partial charge in [-0.25, -0.2) is 29.9 Å². The number of nitrogens with zero attached hydrogens (tertiary/aromatic N) is 11. The second kappa shape index (κ2) is 54.8. The first kappa shape index (κ1) is 115. The predicted molar refractivity (Wildman–Crippen MR) is 569 cm³/mol. The van der Waals surface area contributed by atoms with Crippen molar-refractivity contribution in [2.75, 3.05) is 39.4 Å². The molecule has 0 spiro atoms. The fourth-order valence-corrected chi connectivity index (χ4v) is 17.1. The third-order valence-electron chi connectivity index (χ3n) is 21.6. The fourth-order valence-electron chi connectivity index (χ4n) is 14.4. The number of nitrogens with one attached hydrogen (secondary N) is 3. The van der Waals surface area contributed by atoms with Crippen LogP contribution in [0.25, 0.3) is 43.6 Å². The zero-order chi connectivity index (χ0) is 97.4. The van der Waals surface area contributed by atoms with Gasteiger partial charge in [0.05, 0.1) is 43.6 Å². The van der Waals surface area contributed by atoms with Crippen molar-refractivity contribution in [2.24, 2.45) is 11.3 Å². The Balaban J connectivity index is 0.000000391. The number of hydrogen-bond donors (Lipinski definition) is 3. The van der Waals surface area contributed by atoms with Gasteiger partial charge in [0.2, 0.25) is 23.6 Å². The summed E-state index contributed by atoms with van der Waals surface area (Å²) < 4.78 is 26.7. The van der Waals surface area contributed by atoms with Crippen LogP contribution in [0.2, 0.25) is 39.3 Å². The number of carbonyl (C=O) groups excluding carboxylic acids is 4. The van der Waals surface area contributed by atoms with Crippen molar-refractivity contribution in [3.8, 4) is 60.7 Å². The Morgan fingerprint density at radius 1 is 0.500 bits per heavy atom. The molecular formula is C99H125Br3Cl5N14O10PSi2. The van der Waals surface area contributed by atoms with Crippen LogP contribution in [0.4, 0.5) is 0 Å². The van der Waals surface area contributed by atoms with Gasteiger partial charge < -0.3 is 25.3 Å². The van der Waals surface area contributed by atoms with Crippen LogP contribution in [0, 0.1) is 72.0 Å². The molecule has 9 aliphatic heterocycles. The van der Waals surface area contributed by atoms with E-state index in [0.29, 0.717) is 50.9 Å². The third kappa shape index (κ3) is 36.8. The summed E-state index contributed by atoms with van der Waals surface area (Å²) in [6.07, 6.45) is 30.0. The maximum absolute atomic E-state index is 12.5. The van der Waals surface area contributed by atoms with Gasteiger partial charge in [0, 0.05) is 147 Å². The van der Waals surface area contributed by atoms with E-state index in [1.54, 1.807) is 32.2 Å². The Morgan fingerprint density at radius 2 is 0.933 bits per heavy atom. The molecule has 6 aromatic heterocycles. The lowest BCUT2D eigenvalue weighted by atomic mass is 9.91. The maximum atomic E-state index is 12.5. The molecule has 0 radical (unpaired) electrons. The molecule has 720 valence electrons. The molecule has 0 saturated carbocycles. The van der Waals surface area contributed by atoms with Crippen molar-refractivity contribution in [1.29, 1.82) is 0 Å². The molecule has 10 aromatic rings. The Labute approximate surface area is 842 Å². The molecule has 4 amide bonds. The molecule has 15 heterocycles. The highest BCUT2D eigenvalue weighted by Crippen LogP contribution is 2.61. The zero-order valence-electron chi connectivity index (χ0n) is 77.6. The molecule has 19 rings (SSSR count). The standard InChI is InChI=1S/C19H15N3O.C13H13BrN2O.2C12H11BrN2O.C7H15NOSi.C7H5N.C6H11NO.C6H2.C5H9NO.C4H7NO.C4H8O.C3H9ClSi.CH4.Cl3OP.ClH.2H2/c1-13-9-11-22-18(13)21-17-12-14(6-8-16(17)19(22)23)5-7-15-4-2-3-10-20-15;1-13(2)5-6-16-11(17)9-4-3-8(14)7-10(9)15-12(13)16;2*1-7-4-5-15-11(7)14-10-6-8(13)2-3-9(10)12(15)16;1-10(2,3)8-6-4-5-7(8)9;1-2-7-5-3-4-6-8-7;1-6(2)3-4-7-5(6)8;1-3-5-6-4-2;1-4-2-3-6-5(4)7;6-4-2-1-3-5-4;1-2-4-5-3-1;1-5(2,3)4;;1-5(2,3)4;;;/h2-4,6,8,10,12-13H,9,11H2,1H3;3-4,7H,5-6H2,1-2H3;2*2-3,6-7H,4-5H2,1H3;4-6H2,1-3H3;1,3-6H;3-4H2,1-2H3,(H,7,8);1-2H;4H,2-3H2,1H3,(H,6,7);1-3H2,(H,5,6);1-4H2;1-3H3;1H4;;3*1H. The lowest BCUT2D eigenvalue weighted by Gasteiger charge is -2.29. The quantitative estimate of drug-likeness (QED) is 0.0595. The summed E-state index contributed by atoms with van der Waals surface area (Å²) >= 11 is 29.7. The van der Waals surface area contributed by atoms with Crippen LogP contribution in [0.3, 0.4) is 0 Å². The summed E-state index contributed by atoms with van der Waals surface area (Å²) in [6.45, 7) is 38.2. The minimum atomic E-state index is -3.22. The van der Waals surface area contributed by atoms with Crippen LogP contribution in [-0.2, 0) is 60.1 Å². The van der Waals surface area contributed by atoms with Gasteiger partial charge in [-0.1, -0.05) is 174 Å². The van der Waals surface area contributed by atoms with Crippen molar-refractivity contribution in [3.63, 3.8) is 0 Å². The molecule has 5 saturated heterocycles. The molecule has 3 N–H and O–H groups in total. The van der Waals surface area contributed by atoms with Crippen LogP contribution in [-0.4, -0.2) is 131 Å². The zero-order valence-corrected chi connectivity index (χ0v) is 89.1. The van der Waals surface area contributed by atoms with Gasteiger partial charge in [-0.15, -0.1) is 31.7 Å². The first-order chi connectivity index (χ1) is 62.2. The van der Waals surface area contributed by atoms with Gasteiger partial charge in [0.25, 0.3) is 22.2 Å².